The number of nitrogens with zero attached hydrogens (tertiary/aromatic N) is 4. The molecule has 1 N–H and O–H groups in total. The Hall–Kier alpha value is -3.07. The Morgan fingerprint density at radius 3 is 2.85 bits per heavy atom. The molecular formula is C17H16FN5O3. The van der Waals surface area contributed by atoms with Crippen molar-refractivity contribution in [3.8, 4) is 11.3 Å². The first-order chi connectivity index (χ1) is 12.5. The molecule has 1 unspecified atom stereocenters. The molecule has 134 valence electrons. The van der Waals surface area contributed by atoms with Crippen molar-refractivity contribution in [1.29, 1.82) is 0 Å². The number of carbonyl (C=O) groups is 1. The van der Waals surface area contributed by atoms with Gasteiger partial charge in [-0.15, -0.1) is 5.10 Å². The van der Waals surface area contributed by atoms with Gasteiger partial charge in [-0.1, -0.05) is 5.21 Å². The zero-order valence-electron chi connectivity index (χ0n) is 14.0. The Morgan fingerprint density at radius 1 is 1.35 bits per heavy atom. The lowest BCUT2D eigenvalue weighted by Crippen LogP contribution is -2.44. The normalized spacial score (nSPS) is 17.6. The number of aromatic nitrogens is 4. The van der Waals surface area contributed by atoms with Crippen LogP contribution < -0.4 is 5.56 Å². The molecule has 2 aromatic heterocycles. The fourth-order valence-electron chi connectivity index (χ4n) is 2.95. The molecule has 1 aliphatic rings. The number of halogens is 1. The second-order valence-electron chi connectivity index (χ2n) is 6.19. The van der Waals surface area contributed by atoms with Crippen LogP contribution >= 0.6 is 0 Å². The lowest BCUT2D eigenvalue weighted by atomic mass is 10.1. The molecular weight excluding hydrogens is 341 g/mol. The predicted octanol–water partition coefficient (Wildman–Crippen LogP) is 1.43. The first-order valence-electron chi connectivity index (χ1n) is 8.17. The van der Waals surface area contributed by atoms with E-state index >= 15 is 0 Å². The van der Waals surface area contributed by atoms with Crippen LogP contribution in [0.2, 0.25) is 0 Å². The summed E-state index contributed by atoms with van der Waals surface area (Å²) in [6, 6.07) is 5.67. The van der Waals surface area contributed by atoms with Crippen molar-refractivity contribution in [1.82, 2.24) is 24.7 Å². The van der Waals surface area contributed by atoms with Crippen LogP contribution in [-0.4, -0.2) is 50.0 Å². The van der Waals surface area contributed by atoms with Crippen molar-refractivity contribution in [2.45, 2.75) is 19.4 Å². The molecule has 1 atom stereocenters. The van der Waals surface area contributed by atoms with Crippen molar-refractivity contribution >= 4 is 11.4 Å². The third-order valence-corrected chi connectivity index (χ3v) is 4.47. The monoisotopic (exact) mass is 357 g/mol. The van der Waals surface area contributed by atoms with E-state index in [0.29, 0.717) is 17.9 Å². The number of ether oxygens (including phenoxy) is 1. The van der Waals surface area contributed by atoms with Gasteiger partial charge in [-0.25, -0.2) is 8.91 Å². The maximum Gasteiger partial charge on any atom is 0.278 e. The van der Waals surface area contributed by atoms with Crippen LogP contribution in [0.15, 0.2) is 35.3 Å². The maximum atomic E-state index is 13.1. The average molecular weight is 357 g/mol. The standard InChI is InChI=1S/C17H16FN5O3/c1-10-6-7-26-9-22(10)17(25)14-15-16(24)19-13(8-23(15)21-20-14)11-2-4-12(18)5-3-11/h2-5,8,10H,6-7,9H2,1H3,(H,19,24). The molecule has 1 aliphatic heterocycles. The Morgan fingerprint density at radius 2 is 2.12 bits per heavy atom. The van der Waals surface area contributed by atoms with Crippen molar-refractivity contribution < 1.29 is 13.9 Å². The van der Waals surface area contributed by atoms with E-state index in [1.807, 2.05) is 6.92 Å². The van der Waals surface area contributed by atoms with E-state index < -0.39 is 11.5 Å². The number of carbonyl (C=O) groups excluding carboxylic acids is 1. The minimum Gasteiger partial charge on any atom is -0.361 e. The summed E-state index contributed by atoms with van der Waals surface area (Å²) in [6.07, 6.45) is 2.26. The van der Waals surface area contributed by atoms with Gasteiger partial charge in [-0.3, -0.25) is 9.59 Å². The van der Waals surface area contributed by atoms with Gasteiger partial charge in [0.2, 0.25) is 0 Å². The third kappa shape index (κ3) is 2.76. The van der Waals surface area contributed by atoms with E-state index in [1.165, 1.54) is 21.5 Å². The van der Waals surface area contributed by atoms with Gasteiger partial charge in [0.1, 0.15) is 12.5 Å². The van der Waals surface area contributed by atoms with E-state index in [9.17, 15) is 14.0 Å². The van der Waals surface area contributed by atoms with Gasteiger partial charge in [-0.05, 0) is 43.2 Å². The molecule has 3 aromatic rings. The summed E-state index contributed by atoms with van der Waals surface area (Å²) in [6.45, 7) is 2.67. The number of fused-ring (bicyclic) bond motifs is 1. The highest BCUT2D eigenvalue weighted by molar-refractivity contribution is 5.98. The molecule has 0 aliphatic carbocycles. The second-order valence-corrected chi connectivity index (χ2v) is 6.19. The number of rotatable bonds is 2. The minimum atomic E-state index is -0.495. The van der Waals surface area contributed by atoms with E-state index in [1.54, 1.807) is 18.3 Å². The van der Waals surface area contributed by atoms with Crippen molar-refractivity contribution in [2.75, 3.05) is 13.3 Å². The number of amides is 1. The highest BCUT2D eigenvalue weighted by Gasteiger charge is 2.29. The molecule has 4 rings (SSSR count). The summed E-state index contributed by atoms with van der Waals surface area (Å²) in [5, 5.41) is 7.81. The van der Waals surface area contributed by atoms with E-state index in [-0.39, 0.29) is 29.8 Å². The molecule has 1 fully saturated rings. The molecule has 1 amide bonds. The second kappa shape index (κ2) is 6.34. The minimum absolute atomic E-state index is 0.00873. The van der Waals surface area contributed by atoms with Gasteiger partial charge in [-0.2, -0.15) is 0 Å². The van der Waals surface area contributed by atoms with Crippen LogP contribution in [0.5, 0.6) is 0 Å². The largest absolute Gasteiger partial charge is 0.361 e. The van der Waals surface area contributed by atoms with Crippen LogP contribution in [-0.2, 0) is 4.74 Å². The number of H-pyrrole nitrogens is 1. The van der Waals surface area contributed by atoms with Gasteiger partial charge in [0, 0.05) is 6.04 Å². The smallest absolute Gasteiger partial charge is 0.278 e. The van der Waals surface area contributed by atoms with Gasteiger partial charge >= 0.3 is 0 Å². The van der Waals surface area contributed by atoms with Gasteiger partial charge < -0.3 is 14.6 Å². The summed E-state index contributed by atoms with van der Waals surface area (Å²) in [5.74, 6) is -0.768. The molecule has 26 heavy (non-hydrogen) atoms. The number of hydrogen-bond acceptors (Lipinski definition) is 5. The van der Waals surface area contributed by atoms with Crippen LogP contribution in [0, 0.1) is 5.82 Å². The number of aromatic amines is 1. The summed E-state index contributed by atoms with van der Waals surface area (Å²) < 4.78 is 19.7. The molecule has 0 saturated carbocycles. The summed E-state index contributed by atoms with van der Waals surface area (Å²) in [4.78, 5) is 29.6. The fraction of sp³-hybridized carbons (Fsp3) is 0.294. The molecule has 9 heteroatoms. The molecule has 0 spiro atoms. The predicted molar refractivity (Wildman–Crippen MR) is 90.1 cm³/mol. The Labute approximate surface area is 147 Å². The lowest BCUT2D eigenvalue weighted by Gasteiger charge is -2.32. The van der Waals surface area contributed by atoms with Crippen molar-refractivity contribution in [2.24, 2.45) is 0 Å². The van der Waals surface area contributed by atoms with E-state index in [2.05, 4.69) is 15.3 Å². The Balaban J connectivity index is 1.76. The van der Waals surface area contributed by atoms with Gasteiger partial charge in [0.25, 0.3) is 11.5 Å². The number of nitrogens with one attached hydrogen (secondary N) is 1. The number of benzene rings is 1. The van der Waals surface area contributed by atoms with Crippen LogP contribution in [0.25, 0.3) is 16.8 Å². The van der Waals surface area contributed by atoms with E-state index in [0.717, 1.165) is 6.42 Å². The Bertz CT molecular complexity index is 1030. The van der Waals surface area contributed by atoms with E-state index in [4.69, 9.17) is 4.74 Å². The molecule has 0 bridgehead atoms. The first kappa shape index (κ1) is 16.4. The highest BCUT2D eigenvalue weighted by Crippen LogP contribution is 2.18. The van der Waals surface area contributed by atoms with Gasteiger partial charge in [0.05, 0.1) is 18.5 Å². The average Bonchev–Trinajstić information content (AvgIpc) is 3.07. The highest BCUT2D eigenvalue weighted by atomic mass is 19.1. The zero-order chi connectivity index (χ0) is 18.3. The topological polar surface area (TPSA) is 92.6 Å². The molecule has 8 nitrogen and oxygen atoms in total. The fourth-order valence-corrected chi connectivity index (χ4v) is 2.95. The van der Waals surface area contributed by atoms with Gasteiger partial charge in [0.15, 0.2) is 11.2 Å². The maximum absolute atomic E-state index is 13.1. The molecule has 3 heterocycles. The zero-order valence-corrected chi connectivity index (χ0v) is 14.0. The third-order valence-electron chi connectivity index (χ3n) is 4.47. The summed E-state index contributed by atoms with van der Waals surface area (Å²) >= 11 is 0. The molecule has 0 radical (unpaired) electrons. The lowest BCUT2D eigenvalue weighted by molar-refractivity contribution is -0.0287. The molecule has 1 saturated heterocycles. The number of hydrogen-bond donors (Lipinski definition) is 1. The SMILES string of the molecule is CC1CCOCN1C(=O)c1nnn2cc(-c3ccc(F)cc3)[nH]c(=O)c12. The van der Waals surface area contributed by atoms with Crippen LogP contribution in [0.3, 0.4) is 0 Å². The molecule has 1 aromatic carbocycles. The van der Waals surface area contributed by atoms with Crippen molar-refractivity contribution in [3.05, 3.63) is 52.3 Å². The Kier molecular flexibility index (Phi) is 4.00. The summed E-state index contributed by atoms with van der Waals surface area (Å²) in [5.41, 5.74) is 0.617. The summed E-state index contributed by atoms with van der Waals surface area (Å²) in [7, 11) is 0. The van der Waals surface area contributed by atoms with Crippen LogP contribution in [0.1, 0.15) is 23.8 Å². The van der Waals surface area contributed by atoms with Crippen molar-refractivity contribution in [3.63, 3.8) is 0 Å². The first-order valence-corrected chi connectivity index (χ1v) is 8.17. The quantitative estimate of drug-likeness (QED) is 0.749. The van der Waals surface area contributed by atoms with Crippen LogP contribution in [0.4, 0.5) is 4.39 Å².